The van der Waals surface area contributed by atoms with Crippen LogP contribution in [0.5, 0.6) is 0 Å². The molecule has 1 aromatic rings. The van der Waals surface area contributed by atoms with Gasteiger partial charge in [-0.05, 0) is 31.0 Å². The van der Waals surface area contributed by atoms with E-state index >= 15 is 0 Å². The summed E-state index contributed by atoms with van der Waals surface area (Å²) >= 11 is 3.41. The normalized spacial score (nSPS) is 18.9. The number of hydrogen-bond donors (Lipinski definition) is 2. The second-order valence-corrected chi connectivity index (χ2v) is 4.97. The largest absolute Gasteiger partial charge is 0.344 e. The Kier molecular flexibility index (Phi) is 3.47. The van der Waals surface area contributed by atoms with Crippen LogP contribution < -0.4 is 10.6 Å². The van der Waals surface area contributed by atoms with E-state index in [1.807, 2.05) is 25.1 Å². The van der Waals surface area contributed by atoms with Gasteiger partial charge in [0.25, 0.3) is 0 Å². The third kappa shape index (κ3) is 2.85. The maximum Gasteiger partial charge on any atom is 0.246 e. The molecule has 0 aliphatic carbocycles. The molecule has 17 heavy (non-hydrogen) atoms. The van der Waals surface area contributed by atoms with Crippen molar-refractivity contribution in [3.63, 3.8) is 0 Å². The van der Waals surface area contributed by atoms with Crippen molar-refractivity contribution < 1.29 is 9.59 Å². The van der Waals surface area contributed by atoms with E-state index in [1.54, 1.807) is 0 Å². The molecule has 0 aromatic heterocycles. The number of aryl methyl sites for hydroxylation is 1. The van der Waals surface area contributed by atoms with E-state index in [4.69, 9.17) is 0 Å². The van der Waals surface area contributed by atoms with Crippen LogP contribution in [0.3, 0.4) is 0 Å². The first-order valence-corrected chi connectivity index (χ1v) is 6.22. The zero-order valence-corrected chi connectivity index (χ0v) is 11.0. The second-order valence-electron chi connectivity index (χ2n) is 4.11. The number of rotatable bonds is 2. The highest BCUT2D eigenvalue weighted by Gasteiger charge is 2.27. The summed E-state index contributed by atoms with van der Waals surface area (Å²) in [6, 6.07) is 5.22. The molecule has 0 radical (unpaired) electrons. The smallest absolute Gasteiger partial charge is 0.246 e. The van der Waals surface area contributed by atoms with E-state index in [9.17, 15) is 9.59 Å². The molecular formula is C12H13BrN2O2. The second kappa shape index (κ2) is 4.87. The summed E-state index contributed by atoms with van der Waals surface area (Å²) in [5.74, 6) is -0.221. The van der Waals surface area contributed by atoms with Crippen molar-refractivity contribution in [2.24, 2.45) is 0 Å². The molecule has 1 heterocycles. The molecule has 1 aliphatic rings. The first-order chi connectivity index (χ1) is 8.06. The van der Waals surface area contributed by atoms with Gasteiger partial charge in [0.2, 0.25) is 11.8 Å². The van der Waals surface area contributed by atoms with Crippen LogP contribution in [0, 0.1) is 6.92 Å². The van der Waals surface area contributed by atoms with Gasteiger partial charge in [0.1, 0.15) is 6.04 Å². The molecule has 1 aliphatic heterocycles. The molecule has 1 unspecified atom stereocenters. The van der Waals surface area contributed by atoms with E-state index in [0.717, 1.165) is 15.7 Å². The zero-order valence-electron chi connectivity index (χ0n) is 9.42. The van der Waals surface area contributed by atoms with Gasteiger partial charge >= 0.3 is 0 Å². The number of carbonyl (C=O) groups is 2. The maximum absolute atomic E-state index is 11.8. The van der Waals surface area contributed by atoms with Crippen LogP contribution >= 0.6 is 15.9 Å². The Morgan fingerprint density at radius 1 is 1.53 bits per heavy atom. The minimum absolute atomic E-state index is 0.0600. The molecule has 5 heteroatoms. The van der Waals surface area contributed by atoms with Gasteiger partial charge in [0.05, 0.1) is 0 Å². The highest BCUT2D eigenvalue weighted by molar-refractivity contribution is 9.10. The number of hydrogen-bond acceptors (Lipinski definition) is 2. The summed E-state index contributed by atoms with van der Waals surface area (Å²) in [5, 5.41) is 5.43. The predicted octanol–water partition coefficient (Wildman–Crippen LogP) is 1.97. The Hall–Kier alpha value is -1.36. The van der Waals surface area contributed by atoms with Gasteiger partial charge < -0.3 is 10.6 Å². The summed E-state index contributed by atoms with van der Waals surface area (Å²) in [5.41, 5.74) is 1.84. The van der Waals surface area contributed by atoms with Crippen LogP contribution in [0.1, 0.15) is 18.4 Å². The fourth-order valence-electron chi connectivity index (χ4n) is 1.71. The lowest BCUT2D eigenvalue weighted by Crippen LogP contribution is -2.37. The summed E-state index contributed by atoms with van der Waals surface area (Å²) in [6.45, 7) is 1.98. The molecule has 0 bridgehead atoms. The Balaban J connectivity index is 2.03. The van der Waals surface area contributed by atoms with Crippen LogP contribution in [-0.2, 0) is 9.59 Å². The van der Waals surface area contributed by atoms with E-state index in [1.165, 1.54) is 0 Å². The van der Waals surface area contributed by atoms with Crippen molar-refractivity contribution in [3.05, 3.63) is 28.2 Å². The van der Waals surface area contributed by atoms with Crippen molar-refractivity contribution in [3.8, 4) is 0 Å². The molecule has 0 saturated carbocycles. The van der Waals surface area contributed by atoms with Crippen LogP contribution in [0.25, 0.3) is 0 Å². The fourth-order valence-corrected chi connectivity index (χ4v) is 2.09. The van der Waals surface area contributed by atoms with Gasteiger partial charge in [0.15, 0.2) is 0 Å². The Labute approximate surface area is 108 Å². The number of nitrogens with one attached hydrogen (secondary N) is 2. The molecule has 2 N–H and O–H groups in total. The Bertz CT molecular complexity index is 474. The lowest BCUT2D eigenvalue weighted by atomic mass is 10.2. The first kappa shape index (κ1) is 12.1. The molecule has 2 rings (SSSR count). The maximum atomic E-state index is 11.8. The minimum atomic E-state index is -0.400. The van der Waals surface area contributed by atoms with Crippen LogP contribution in [0.4, 0.5) is 5.69 Å². The van der Waals surface area contributed by atoms with Gasteiger partial charge in [-0.2, -0.15) is 0 Å². The van der Waals surface area contributed by atoms with Gasteiger partial charge in [-0.3, -0.25) is 9.59 Å². The third-order valence-electron chi connectivity index (χ3n) is 2.75. The summed E-state index contributed by atoms with van der Waals surface area (Å²) in [6.07, 6.45) is 0.993. The molecule has 1 aromatic carbocycles. The van der Waals surface area contributed by atoms with Gasteiger partial charge in [-0.1, -0.05) is 22.0 Å². The predicted molar refractivity (Wildman–Crippen MR) is 68.7 cm³/mol. The molecule has 1 atom stereocenters. The minimum Gasteiger partial charge on any atom is -0.344 e. The SMILES string of the molecule is Cc1ccc(NC(=O)C2CCC(=O)N2)cc1Br. The number of benzene rings is 1. The summed E-state index contributed by atoms with van der Waals surface area (Å²) < 4.78 is 0.950. The Morgan fingerprint density at radius 3 is 2.88 bits per heavy atom. The van der Waals surface area contributed by atoms with Gasteiger partial charge in [-0.25, -0.2) is 0 Å². The molecular weight excluding hydrogens is 284 g/mol. The van der Waals surface area contributed by atoms with E-state index in [0.29, 0.717) is 12.8 Å². The number of amides is 2. The standard InChI is InChI=1S/C12H13BrN2O2/c1-7-2-3-8(6-9(7)13)14-12(17)10-4-5-11(16)15-10/h2-3,6,10H,4-5H2,1H3,(H,14,17)(H,15,16). The van der Waals surface area contributed by atoms with E-state index in [-0.39, 0.29) is 11.8 Å². The molecule has 0 spiro atoms. The van der Waals surface area contributed by atoms with Crippen molar-refractivity contribution in [1.82, 2.24) is 5.32 Å². The quantitative estimate of drug-likeness (QED) is 0.877. The molecule has 2 amide bonds. The van der Waals surface area contributed by atoms with Gasteiger partial charge in [0, 0.05) is 16.6 Å². The first-order valence-electron chi connectivity index (χ1n) is 5.42. The van der Waals surface area contributed by atoms with Crippen LogP contribution in [0.2, 0.25) is 0 Å². The van der Waals surface area contributed by atoms with Crippen LogP contribution in [0.15, 0.2) is 22.7 Å². The zero-order chi connectivity index (χ0) is 12.4. The highest BCUT2D eigenvalue weighted by atomic mass is 79.9. The average molecular weight is 297 g/mol. The van der Waals surface area contributed by atoms with Crippen molar-refractivity contribution in [2.45, 2.75) is 25.8 Å². The van der Waals surface area contributed by atoms with Gasteiger partial charge in [-0.15, -0.1) is 0 Å². The van der Waals surface area contributed by atoms with Crippen molar-refractivity contribution in [1.29, 1.82) is 0 Å². The summed E-state index contributed by atoms with van der Waals surface area (Å²) in [7, 11) is 0. The third-order valence-corrected chi connectivity index (χ3v) is 3.61. The van der Waals surface area contributed by atoms with E-state index < -0.39 is 6.04 Å². The molecule has 1 saturated heterocycles. The highest BCUT2D eigenvalue weighted by Crippen LogP contribution is 2.21. The topological polar surface area (TPSA) is 58.2 Å². The lowest BCUT2D eigenvalue weighted by Gasteiger charge is -2.11. The molecule has 1 fully saturated rings. The molecule has 4 nitrogen and oxygen atoms in total. The molecule has 90 valence electrons. The van der Waals surface area contributed by atoms with Crippen molar-refractivity contribution in [2.75, 3.05) is 5.32 Å². The number of anilines is 1. The number of halogens is 1. The van der Waals surface area contributed by atoms with E-state index in [2.05, 4.69) is 26.6 Å². The average Bonchev–Trinajstić information content (AvgIpc) is 2.70. The lowest BCUT2D eigenvalue weighted by molar-refractivity contribution is -0.122. The Morgan fingerprint density at radius 2 is 2.29 bits per heavy atom. The van der Waals surface area contributed by atoms with Crippen molar-refractivity contribution >= 4 is 33.4 Å². The fraction of sp³-hybridized carbons (Fsp3) is 0.333. The van der Waals surface area contributed by atoms with Crippen LogP contribution in [-0.4, -0.2) is 17.9 Å². The summed E-state index contributed by atoms with van der Waals surface area (Å²) in [4.78, 5) is 22.8. The number of carbonyl (C=O) groups excluding carboxylic acids is 2. The monoisotopic (exact) mass is 296 g/mol.